The molecule has 1 aromatic heterocycles. The van der Waals surface area contributed by atoms with Crippen LogP contribution in [0.2, 0.25) is 5.02 Å². The molecule has 9 heteroatoms. The van der Waals surface area contributed by atoms with Crippen molar-refractivity contribution >= 4 is 51.9 Å². The summed E-state index contributed by atoms with van der Waals surface area (Å²) in [5.74, 6) is -0.119. The molecule has 2 amide bonds. The van der Waals surface area contributed by atoms with E-state index in [1.807, 2.05) is 0 Å². The van der Waals surface area contributed by atoms with E-state index < -0.39 is 0 Å². The van der Waals surface area contributed by atoms with E-state index in [1.165, 1.54) is 6.08 Å². The van der Waals surface area contributed by atoms with E-state index in [4.69, 9.17) is 11.6 Å². The van der Waals surface area contributed by atoms with Gasteiger partial charge in [-0.3, -0.25) is 9.59 Å². The van der Waals surface area contributed by atoms with Crippen molar-refractivity contribution in [2.45, 2.75) is 0 Å². The van der Waals surface area contributed by atoms with Gasteiger partial charge in [0.1, 0.15) is 11.0 Å². The summed E-state index contributed by atoms with van der Waals surface area (Å²) in [6, 6.07) is 3.53. The number of fused-ring (bicyclic) bond motifs is 1. The van der Waals surface area contributed by atoms with Crippen LogP contribution in [0.4, 0.5) is 5.69 Å². The summed E-state index contributed by atoms with van der Waals surface area (Å²) in [7, 11) is 0. The Bertz CT molecular complexity index is 785. The molecule has 0 spiro atoms. The molecule has 0 bridgehead atoms. The number of halogens is 1. The zero-order valence-electron chi connectivity index (χ0n) is 12.9. The number of aromatic nitrogens is 2. The highest BCUT2D eigenvalue weighted by atomic mass is 35.5. The Morgan fingerprint density at radius 1 is 1.21 bits per heavy atom. The van der Waals surface area contributed by atoms with E-state index in [0.29, 0.717) is 42.2 Å². The van der Waals surface area contributed by atoms with Gasteiger partial charge in [0.2, 0.25) is 11.8 Å². The van der Waals surface area contributed by atoms with Crippen molar-refractivity contribution in [1.82, 2.24) is 18.5 Å². The second kappa shape index (κ2) is 7.14. The van der Waals surface area contributed by atoms with Crippen LogP contribution in [-0.2, 0) is 9.59 Å². The minimum atomic E-state index is -0.0974. The summed E-state index contributed by atoms with van der Waals surface area (Å²) in [5, 5.41) is 3.64. The Balaban J connectivity index is 1.58. The van der Waals surface area contributed by atoms with Gasteiger partial charge in [-0.05, 0) is 18.2 Å². The van der Waals surface area contributed by atoms with Crippen molar-refractivity contribution in [2.75, 3.05) is 38.0 Å². The minimum Gasteiger partial charge on any atom is -0.374 e. The largest absolute Gasteiger partial charge is 0.374 e. The third-order valence-electron chi connectivity index (χ3n) is 3.91. The first-order valence-corrected chi connectivity index (χ1v) is 8.54. The molecule has 1 aliphatic heterocycles. The molecular formula is C15H16ClN5O2S. The van der Waals surface area contributed by atoms with Crippen LogP contribution in [0.25, 0.3) is 11.0 Å². The average molecular weight is 366 g/mol. The molecule has 2 heterocycles. The number of hydrogen-bond acceptors (Lipinski definition) is 6. The quantitative estimate of drug-likeness (QED) is 0.833. The maximum Gasteiger partial charge on any atom is 0.246 e. The number of rotatable bonds is 4. The van der Waals surface area contributed by atoms with Gasteiger partial charge in [0.25, 0.3) is 0 Å². The number of amides is 2. The summed E-state index contributed by atoms with van der Waals surface area (Å²) in [6.07, 6.45) is 1.30. The van der Waals surface area contributed by atoms with Crippen molar-refractivity contribution in [3.8, 4) is 0 Å². The molecule has 7 nitrogen and oxygen atoms in total. The molecule has 0 radical (unpaired) electrons. The van der Waals surface area contributed by atoms with Crippen molar-refractivity contribution in [1.29, 1.82) is 0 Å². The lowest BCUT2D eigenvalue weighted by Gasteiger charge is -2.34. The van der Waals surface area contributed by atoms with Crippen LogP contribution >= 0.6 is 23.3 Å². The summed E-state index contributed by atoms with van der Waals surface area (Å²) >= 11 is 7.15. The number of hydrogen-bond donors (Lipinski definition) is 1. The fourth-order valence-corrected chi connectivity index (χ4v) is 3.39. The highest BCUT2D eigenvalue weighted by Crippen LogP contribution is 2.27. The summed E-state index contributed by atoms with van der Waals surface area (Å²) in [5.41, 5.74) is 2.04. The van der Waals surface area contributed by atoms with Crippen LogP contribution < -0.4 is 5.32 Å². The second-order valence-electron chi connectivity index (χ2n) is 5.32. The molecule has 0 unspecified atom stereocenters. The lowest BCUT2D eigenvalue weighted by molar-refractivity contribution is -0.135. The molecule has 0 saturated carbocycles. The molecular weight excluding hydrogens is 350 g/mol. The highest BCUT2D eigenvalue weighted by Gasteiger charge is 2.22. The number of carbonyl (C=O) groups excluding carboxylic acids is 2. The maximum absolute atomic E-state index is 12.3. The first-order chi connectivity index (χ1) is 11.6. The zero-order valence-corrected chi connectivity index (χ0v) is 14.4. The number of carbonyl (C=O) groups is 2. The summed E-state index contributed by atoms with van der Waals surface area (Å²) in [4.78, 5) is 27.3. The Morgan fingerprint density at radius 2 is 1.88 bits per heavy atom. The van der Waals surface area contributed by atoms with Gasteiger partial charge in [0.05, 0.1) is 29.0 Å². The standard InChI is InChI=1S/C15H16ClN5O2S/c1-2-12(22)20-5-7-21(8-6-20)13(23)9-17-11-4-3-10(16)14-15(11)19-24-18-14/h2-4,17H,1,5-9H2. The molecule has 1 N–H and O–H groups in total. The van der Waals surface area contributed by atoms with Crippen LogP contribution in [0.3, 0.4) is 0 Å². The number of nitrogens with one attached hydrogen (secondary N) is 1. The zero-order chi connectivity index (χ0) is 17.1. The third kappa shape index (κ3) is 3.34. The third-order valence-corrected chi connectivity index (χ3v) is 4.75. The van der Waals surface area contributed by atoms with Gasteiger partial charge in [-0.1, -0.05) is 18.2 Å². The van der Waals surface area contributed by atoms with Crippen LogP contribution in [0, 0.1) is 0 Å². The van der Waals surface area contributed by atoms with E-state index >= 15 is 0 Å². The fourth-order valence-electron chi connectivity index (χ4n) is 2.57. The molecule has 2 aromatic rings. The van der Waals surface area contributed by atoms with Gasteiger partial charge in [-0.25, -0.2) is 0 Å². The van der Waals surface area contributed by atoms with E-state index in [9.17, 15) is 9.59 Å². The second-order valence-corrected chi connectivity index (χ2v) is 6.26. The van der Waals surface area contributed by atoms with Crippen LogP contribution in [0.5, 0.6) is 0 Å². The minimum absolute atomic E-state index is 0.0213. The molecule has 0 aliphatic carbocycles. The number of piperazine rings is 1. The summed E-state index contributed by atoms with van der Waals surface area (Å²) < 4.78 is 8.36. The van der Waals surface area contributed by atoms with Gasteiger partial charge < -0.3 is 15.1 Å². The lowest BCUT2D eigenvalue weighted by atomic mass is 10.2. The van der Waals surface area contributed by atoms with E-state index in [0.717, 1.165) is 17.4 Å². The number of nitrogens with zero attached hydrogens (tertiary/aromatic N) is 4. The van der Waals surface area contributed by atoms with Crippen LogP contribution in [-0.4, -0.2) is 63.1 Å². The van der Waals surface area contributed by atoms with Gasteiger partial charge in [0, 0.05) is 26.2 Å². The smallest absolute Gasteiger partial charge is 0.246 e. The fraction of sp³-hybridized carbons (Fsp3) is 0.333. The number of anilines is 1. The first kappa shape index (κ1) is 16.7. The number of benzene rings is 1. The lowest BCUT2D eigenvalue weighted by Crippen LogP contribution is -2.51. The molecule has 126 valence electrons. The normalized spacial score (nSPS) is 14.7. The molecule has 1 aromatic carbocycles. The molecule has 1 aliphatic rings. The van der Waals surface area contributed by atoms with Crippen LogP contribution in [0.15, 0.2) is 24.8 Å². The van der Waals surface area contributed by atoms with E-state index in [1.54, 1.807) is 21.9 Å². The molecule has 24 heavy (non-hydrogen) atoms. The van der Waals surface area contributed by atoms with Crippen molar-refractivity contribution in [3.63, 3.8) is 0 Å². The predicted octanol–water partition coefficient (Wildman–Crippen LogP) is 1.61. The Kier molecular flexibility index (Phi) is 4.96. The van der Waals surface area contributed by atoms with Gasteiger partial charge in [-0.15, -0.1) is 0 Å². The van der Waals surface area contributed by atoms with Gasteiger partial charge in [-0.2, -0.15) is 8.75 Å². The summed E-state index contributed by atoms with van der Waals surface area (Å²) in [6.45, 7) is 5.73. The van der Waals surface area contributed by atoms with Gasteiger partial charge in [0.15, 0.2) is 0 Å². The van der Waals surface area contributed by atoms with E-state index in [-0.39, 0.29) is 18.4 Å². The molecule has 0 atom stereocenters. The van der Waals surface area contributed by atoms with Crippen molar-refractivity contribution < 1.29 is 9.59 Å². The Hall–Kier alpha value is -2.19. The maximum atomic E-state index is 12.3. The predicted molar refractivity (Wildman–Crippen MR) is 94.3 cm³/mol. The van der Waals surface area contributed by atoms with Crippen molar-refractivity contribution in [2.24, 2.45) is 0 Å². The Morgan fingerprint density at radius 3 is 2.58 bits per heavy atom. The average Bonchev–Trinajstić information content (AvgIpc) is 3.11. The molecule has 3 rings (SSSR count). The van der Waals surface area contributed by atoms with E-state index in [2.05, 4.69) is 20.6 Å². The molecule has 1 saturated heterocycles. The topological polar surface area (TPSA) is 78.4 Å². The Labute approximate surface area is 148 Å². The molecule has 1 fully saturated rings. The van der Waals surface area contributed by atoms with Crippen LogP contribution in [0.1, 0.15) is 0 Å². The SMILES string of the molecule is C=CC(=O)N1CCN(C(=O)CNc2ccc(Cl)c3nsnc23)CC1. The highest BCUT2D eigenvalue weighted by molar-refractivity contribution is 7.00. The monoisotopic (exact) mass is 365 g/mol. The first-order valence-electron chi connectivity index (χ1n) is 7.44. The van der Waals surface area contributed by atoms with Crippen molar-refractivity contribution in [3.05, 3.63) is 29.8 Å². The van der Waals surface area contributed by atoms with Gasteiger partial charge >= 0.3 is 0 Å².